The van der Waals surface area contributed by atoms with Crippen molar-refractivity contribution in [1.82, 2.24) is 0 Å². The molecule has 150 valence electrons. The van der Waals surface area contributed by atoms with Crippen molar-refractivity contribution >= 4 is 11.5 Å². The molecule has 0 aromatic heterocycles. The number of hydrogen-bond acceptors (Lipinski definition) is 4. The van der Waals surface area contributed by atoms with Crippen LogP contribution in [0.3, 0.4) is 0 Å². The molecule has 0 amide bonds. The van der Waals surface area contributed by atoms with Crippen molar-refractivity contribution in [3.05, 3.63) is 76.9 Å². The van der Waals surface area contributed by atoms with Crippen LogP contribution in [0.15, 0.2) is 60.2 Å². The first-order valence-electron chi connectivity index (χ1n) is 9.87. The van der Waals surface area contributed by atoms with Gasteiger partial charge >= 0.3 is 5.97 Å². The van der Waals surface area contributed by atoms with Gasteiger partial charge in [-0.1, -0.05) is 61.9 Å². The smallest absolute Gasteiger partial charge is 0.336 e. The Morgan fingerprint density at radius 1 is 1.17 bits per heavy atom. The summed E-state index contributed by atoms with van der Waals surface area (Å²) in [5.74, 6) is -1.27. The maximum absolute atomic E-state index is 12.4. The van der Waals surface area contributed by atoms with E-state index in [-0.39, 0.29) is 24.4 Å². The number of aliphatic carboxylic acids is 1. The predicted molar refractivity (Wildman–Crippen MR) is 110 cm³/mol. The summed E-state index contributed by atoms with van der Waals surface area (Å²) in [5.41, 5.74) is 2.76. The Morgan fingerprint density at radius 3 is 2.59 bits per heavy atom. The average molecular weight is 391 g/mol. The van der Waals surface area contributed by atoms with Crippen LogP contribution < -0.4 is 0 Å². The fraction of sp³-hybridized carbons (Fsp3) is 0.333. The van der Waals surface area contributed by atoms with Gasteiger partial charge < -0.3 is 14.6 Å². The zero-order valence-corrected chi connectivity index (χ0v) is 16.5. The van der Waals surface area contributed by atoms with Crippen molar-refractivity contribution < 1.29 is 19.4 Å². The van der Waals surface area contributed by atoms with Gasteiger partial charge in [0.05, 0.1) is 29.9 Å². The molecule has 0 radical (unpaired) electrons. The molecule has 2 aromatic carbocycles. The van der Waals surface area contributed by atoms with Gasteiger partial charge in [-0.3, -0.25) is 0 Å². The lowest BCUT2D eigenvalue weighted by atomic mass is 9.81. The summed E-state index contributed by atoms with van der Waals surface area (Å²) < 4.78 is 11.5. The highest BCUT2D eigenvalue weighted by Crippen LogP contribution is 2.40. The lowest BCUT2D eigenvalue weighted by Crippen LogP contribution is -2.31. The van der Waals surface area contributed by atoms with Gasteiger partial charge in [0.1, 0.15) is 6.79 Å². The Morgan fingerprint density at radius 2 is 1.90 bits per heavy atom. The summed E-state index contributed by atoms with van der Waals surface area (Å²) in [6, 6.07) is 18.8. The van der Waals surface area contributed by atoms with Gasteiger partial charge in [0.2, 0.25) is 0 Å². The standard InChI is InChI=1S/C24H25NO4/c1-2-3-12-20(22(24(26)27)19-13-8-7-11-18(19)14-25)21-15-28-16-29-23(21)17-9-5-4-6-10-17/h4-11,13,21,23H,2-3,12,15-16H2,1H3,(H,26,27)/b22-20-. The molecule has 5 heteroatoms. The molecule has 2 aromatic rings. The summed E-state index contributed by atoms with van der Waals surface area (Å²) in [4.78, 5) is 12.4. The molecule has 0 bridgehead atoms. The number of nitriles is 1. The SMILES string of the molecule is CCCC/C(=C(/C(=O)O)c1ccccc1C#N)C1COCOC1c1ccccc1. The lowest BCUT2D eigenvalue weighted by Gasteiger charge is -2.35. The molecule has 5 nitrogen and oxygen atoms in total. The predicted octanol–water partition coefficient (Wildman–Crippen LogP) is 4.95. The maximum atomic E-state index is 12.4. The van der Waals surface area contributed by atoms with E-state index in [4.69, 9.17) is 9.47 Å². The first-order chi connectivity index (χ1) is 14.2. The molecule has 29 heavy (non-hydrogen) atoms. The second-order valence-corrected chi connectivity index (χ2v) is 7.06. The molecule has 0 spiro atoms. The number of unbranched alkanes of at least 4 members (excludes halogenated alkanes) is 1. The zero-order valence-electron chi connectivity index (χ0n) is 16.5. The Labute approximate surface area is 171 Å². The number of carbonyl (C=O) groups is 1. The molecule has 1 fully saturated rings. The van der Waals surface area contributed by atoms with E-state index in [9.17, 15) is 15.2 Å². The summed E-state index contributed by atoms with van der Waals surface area (Å²) in [6.07, 6.45) is 2.10. The summed E-state index contributed by atoms with van der Waals surface area (Å²) >= 11 is 0. The van der Waals surface area contributed by atoms with Crippen molar-refractivity contribution in [1.29, 1.82) is 5.26 Å². The fourth-order valence-electron chi connectivity index (χ4n) is 3.84. The highest BCUT2D eigenvalue weighted by atomic mass is 16.7. The molecule has 0 aliphatic carbocycles. The van der Waals surface area contributed by atoms with Crippen molar-refractivity contribution in [3.8, 4) is 6.07 Å². The number of rotatable bonds is 7. The quantitative estimate of drug-likeness (QED) is 0.676. The Balaban J connectivity index is 2.17. The molecule has 1 N–H and O–H groups in total. The van der Waals surface area contributed by atoms with Gasteiger partial charge in [-0.05, 0) is 30.0 Å². The number of hydrogen-bond donors (Lipinski definition) is 1. The molecular formula is C24H25NO4. The summed E-state index contributed by atoms with van der Waals surface area (Å²) in [6.45, 7) is 2.63. The molecule has 1 aliphatic rings. The van der Waals surface area contributed by atoms with Crippen molar-refractivity contribution in [2.24, 2.45) is 5.92 Å². The average Bonchev–Trinajstić information content (AvgIpc) is 2.77. The minimum Gasteiger partial charge on any atom is -0.478 e. The number of ether oxygens (including phenoxy) is 2. The number of carboxylic acids is 1. The molecule has 1 heterocycles. The Bertz CT molecular complexity index is 914. The fourth-order valence-corrected chi connectivity index (χ4v) is 3.84. The second kappa shape index (κ2) is 10.0. The molecule has 1 aliphatic heterocycles. The summed E-state index contributed by atoms with van der Waals surface area (Å²) in [5, 5.41) is 19.7. The monoisotopic (exact) mass is 391 g/mol. The van der Waals surface area contributed by atoms with Gasteiger partial charge in [0.25, 0.3) is 0 Å². The van der Waals surface area contributed by atoms with Crippen LogP contribution in [0.1, 0.15) is 49.0 Å². The largest absolute Gasteiger partial charge is 0.478 e. The highest BCUT2D eigenvalue weighted by Gasteiger charge is 2.34. The van der Waals surface area contributed by atoms with Crippen LogP contribution in [-0.4, -0.2) is 24.5 Å². The van der Waals surface area contributed by atoms with Crippen molar-refractivity contribution in [2.45, 2.75) is 32.3 Å². The van der Waals surface area contributed by atoms with Crippen LogP contribution in [-0.2, 0) is 14.3 Å². The van der Waals surface area contributed by atoms with Crippen LogP contribution in [0.25, 0.3) is 5.57 Å². The molecule has 3 rings (SSSR count). The van der Waals surface area contributed by atoms with E-state index in [1.165, 1.54) is 0 Å². The van der Waals surface area contributed by atoms with Gasteiger partial charge in [0.15, 0.2) is 0 Å². The highest BCUT2D eigenvalue weighted by molar-refractivity contribution is 6.17. The maximum Gasteiger partial charge on any atom is 0.336 e. The Kier molecular flexibility index (Phi) is 7.18. The molecular weight excluding hydrogens is 366 g/mol. The topological polar surface area (TPSA) is 79.5 Å². The zero-order chi connectivity index (χ0) is 20.6. The molecule has 2 unspecified atom stereocenters. The molecule has 1 saturated heterocycles. The number of nitrogens with zero attached hydrogens (tertiary/aromatic N) is 1. The first-order valence-corrected chi connectivity index (χ1v) is 9.87. The minimum absolute atomic E-state index is 0.175. The summed E-state index contributed by atoms with van der Waals surface area (Å²) in [7, 11) is 0. The van der Waals surface area contributed by atoms with Crippen LogP contribution in [0, 0.1) is 17.2 Å². The van der Waals surface area contributed by atoms with E-state index < -0.39 is 5.97 Å². The van der Waals surface area contributed by atoms with Gasteiger partial charge in [-0.15, -0.1) is 0 Å². The third-order valence-corrected chi connectivity index (χ3v) is 5.22. The third kappa shape index (κ3) is 4.73. The van der Waals surface area contributed by atoms with E-state index in [2.05, 4.69) is 13.0 Å². The molecule has 2 atom stereocenters. The van der Waals surface area contributed by atoms with E-state index in [1.807, 2.05) is 30.3 Å². The lowest BCUT2D eigenvalue weighted by molar-refractivity contribution is -0.164. The normalized spacial score (nSPS) is 19.9. The van der Waals surface area contributed by atoms with Crippen molar-refractivity contribution in [3.63, 3.8) is 0 Å². The second-order valence-electron chi connectivity index (χ2n) is 7.06. The van der Waals surface area contributed by atoms with Crippen LogP contribution in [0.5, 0.6) is 0 Å². The Hall–Kier alpha value is -2.94. The van der Waals surface area contributed by atoms with Crippen LogP contribution >= 0.6 is 0 Å². The molecule has 0 saturated carbocycles. The van der Waals surface area contributed by atoms with Crippen molar-refractivity contribution in [2.75, 3.05) is 13.4 Å². The van der Waals surface area contributed by atoms with Crippen LogP contribution in [0.4, 0.5) is 0 Å². The first kappa shape index (κ1) is 20.8. The third-order valence-electron chi connectivity index (χ3n) is 5.22. The van der Waals surface area contributed by atoms with E-state index >= 15 is 0 Å². The van der Waals surface area contributed by atoms with Gasteiger partial charge in [-0.2, -0.15) is 5.26 Å². The van der Waals surface area contributed by atoms with E-state index in [0.717, 1.165) is 24.0 Å². The van der Waals surface area contributed by atoms with E-state index in [1.54, 1.807) is 24.3 Å². The van der Waals surface area contributed by atoms with Gasteiger partial charge in [-0.25, -0.2) is 4.79 Å². The number of carboxylic acid groups (broad SMARTS) is 1. The minimum atomic E-state index is -1.03. The number of benzene rings is 2. The van der Waals surface area contributed by atoms with Gasteiger partial charge in [0, 0.05) is 11.5 Å². The van der Waals surface area contributed by atoms with E-state index in [0.29, 0.717) is 24.2 Å². The van der Waals surface area contributed by atoms with Crippen LogP contribution in [0.2, 0.25) is 0 Å².